The van der Waals surface area contributed by atoms with Crippen LogP contribution < -0.4 is 4.90 Å². The maximum Gasteiger partial charge on any atom is 0.350 e. The Morgan fingerprint density at radius 1 is 1.16 bits per heavy atom. The SMILES string of the molecule is CC[C@@H](C(=O)OC)N(c1cc(C#CC(C)(C)C)sc1C(=O)OC)C(=O)[C@H]1CC[C@H](C)CC1. The lowest BCUT2D eigenvalue weighted by molar-refractivity contribution is -0.144. The van der Waals surface area contributed by atoms with Gasteiger partial charge in [0.25, 0.3) is 0 Å². The summed E-state index contributed by atoms with van der Waals surface area (Å²) in [7, 11) is 2.61. The Morgan fingerprint density at radius 2 is 1.78 bits per heavy atom. The summed E-state index contributed by atoms with van der Waals surface area (Å²) in [4.78, 5) is 41.4. The summed E-state index contributed by atoms with van der Waals surface area (Å²) in [5.74, 6) is 5.46. The molecule has 7 heteroatoms. The third kappa shape index (κ3) is 6.35. The summed E-state index contributed by atoms with van der Waals surface area (Å²) < 4.78 is 10.0. The minimum Gasteiger partial charge on any atom is -0.467 e. The number of anilines is 1. The van der Waals surface area contributed by atoms with E-state index in [9.17, 15) is 14.4 Å². The molecule has 1 aromatic heterocycles. The molecular formula is C25H35NO5S. The van der Waals surface area contributed by atoms with Crippen LogP contribution in [0, 0.1) is 29.1 Å². The van der Waals surface area contributed by atoms with Gasteiger partial charge in [0.15, 0.2) is 0 Å². The second-order valence-electron chi connectivity index (χ2n) is 9.43. The Labute approximate surface area is 195 Å². The van der Waals surface area contributed by atoms with Crippen LogP contribution in [-0.2, 0) is 19.1 Å². The van der Waals surface area contributed by atoms with Crippen molar-refractivity contribution in [2.45, 2.75) is 72.8 Å². The molecule has 6 nitrogen and oxygen atoms in total. The number of nitrogens with zero attached hydrogens (tertiary/aromatic N) is 1. The third-order valence-corrected chi connectivity index (χ3v) is 6.70. The highest BCUT2D eigenvalue weighted by atomic mass is 32.1. The van der Waals surface area contributed by atoms with Gasteiger partial charge in [-0.2, -0.15) is 0 Å². The van der Waals surface area contributed by atoms with Crippen LogP contribution in [0.4, 0.5) is 5.69 Å². The summed E-state index contributed by atoms with van der Waals surface area (Å²) in [6.07, 6.45) is 3.83. The van der Waals surface area contributed by atoms with Crippen LogP contribution in [-0.4, -0.2) is 38.1 Å². The molecule has 1 heterocycles. The molecule has 176 valence electrons. The number of hydrogen-bond donors (Lipinski definition) is 0. The highest BCUT2D eigenvalue weighted by Gasteiger charge is 2.38. The van der Waals surface area contributed by atoms with Gasteiger partial charge in [-0.3, -0.25) is 9.69 Å². The number of ether oxygens (including phenoxy) is 2. The van der Waals surface area contributed by atoms with Crippen molar-refractivity contribution in [3.05, 3.63) is 15.8 Å². The average Bonchev–Trinajstić information content (AvgIpc) is 3.18. The monoisotopic (exact) mass is 461 g/mol. The smallest absolute Gasteiger partial charge is 0.350 e. The lowest BCUT2D eigenvalue weighted by Crippen LogP contribution is -2.49. The van der Waals surface area contributed by atoms with Crippen LogP contribution in [0.2, 0.25) is 0 Å². The fourth-order valence-electron chi connectivity index (χ4n) is 3.84. The van der Waals surface area contributed by atoms with Crippen LogP contribution in [0.3, 0.4) is 0 Å². The van der Waals surface area contributed by atoms with Gasteiger partial charge in [0.1, 0.15) is 10.9 Å². The lowest BCUT2D eigenvalue weighted by atomic mass is 9.82. The molecule has 1 aliphatic carbocycles. The molecule has 0 unspecified atom stereocenters. The minimum absolute atomic E-state index is 0.146. The molecule has 0 saturated heterocycles. The van der Waals surface area contributed by atoms with Gasteiger partial charge < -0.3 is 9.47 Å². The molecule has 1 atom stereocenters. The van der Waals surface area contributed by atoms with Crippen molar-refractivity contribution in [3.8, 4) is 11.8 Å². The summed E-state index contributed by atoms with van der Waals surface area (Å²) >= 11 is 1.18. The van der Waals surface area contributed by atoms with E-state index in [4.69, 9.17) is 9.47 Å². The molecule has 32 heavy (non-hydrogen) atoms. The quantitative estimate of drug-likeness (QED) is 0.438. The maximum atomic E-state index is 13.8. The molecule has 1 saturated carbocycles. The summed E-state index contributed by atoms with van der Waals surface area (Å²) in [5, 5.41) is 0. The van der Waals surface area contributed by atoms with E-state index >= 15 is 0 Å². The molecule has 0 N–H and O–H groups in total. The number of methoxy groups -OCH3 is 2. The van der Waals surface area contributed by atoms with E-state index in [0.29, 0.717) is 22.9 Å². The number of carbonyl (C=O) groups is 3. The Balaban J connectivity index is 2.61. The lowest BCUT2D eigenvalue weighted by Gasteiger charge is -2.34. The van der Waals surface area contributed by atoms with E-state index in [1.807, 2.05) is 27.7 Å². The fourth-order valence-corrected chi connectivity index (χ4v) is 4.77. The first-order valence-electron chi connectivity index (χ1n) is 11.2. The normalized spacial score (nSPS) is 19.3. The molecule has 0 aliphatic heterocycles. The first-order valence-corrected chi connectivity index (χ1v) is 12.0. The van der Waals surface area contributed by atoms with Gasteiger partial charge in [0.2, 0.25) is 5.91 Å². The van der Waals surface area contributed by atoms with Gasteiger partial charge in [0.05, 0.1) is 24.8 Å². The summed E-state index contributed by atoms with van der Waals surface area (Å²) in [5.41, 5.74) is 0.155. The Hall–Kier alpha value is -2.33. The molecule has 2 rings (SSSR count). The number of esters is 2. The third-order valence-electron chi connectivity index (χ3n) is 5.68. The highest BCUT2D eigenvalue weighted by Crippen LogP contribution is 2.37. The van der Waals surface area contributed by atoms with Gasteiger partial charge in [-0.1, -0.05) is 25.7 Å². The molecule has 0 spiro atoms. The van der Waals surface area contributed by atoms with Gasteiger partial charge in [-0.05, 0) is 64.9 Å². The van der Waals surface area contributed by atoms with E-state index in [1.165, 1.54) is 30.5 Å². The van der Waals surface area contributed by atoms with Crippen molar-refractivity contribution >= 4 is 34.9 Å². The fraction of sp³-hybridized carbons (Fsp3) is 0.640. The summed E-state index contributed by atoms with van der Waals surface area (Å²) in [6, 6.07) is 0.901. The molecule has 0 radical (unpaired) electrons. The van der Waals surface area contributed by atoms with Crippen molar-refractivity contribution in [1.82, 2.24) is 0 Å². The van der Waals surface area contributed by atoms with Gasteiger partial charge >= 0.3 is 11.9 Å². The first kappa shape index (κ1) is 25.9. The van der Waals surface area contributed by atoms with E-state index < -0.39 is 18.0 Å². The zero-order valence-electron chi connectivity index (χ0n) is 20.2. The maximum absolute atomic E-state index is 13.8. The number of amides is 1. The van der Waals surface area contributed by atoms with Crippen molar-refractivity contribution in [2.75, 3.05) is 19.1 Å². The number of rotatable bonds is 6. The van der Waals surface area contributed by atoms with Gasteiger partial charge in [-0.15, -0.1) is 11.3 Å². The predicted molar refractivity (Wildman–Crippen MR) is 127 cm³/mol. The van der Waals surface area contributed by atoms with E-state index in [2.05, 4.69) is 18.8 Å². The van der Waals surface area contributed by atoms with Crippen LogP contribution >= 0.6 is 11.3 Å². The molecule has 1 aliphatic rings. The van der Waals surface area contributed by atoms with Crippen LogP contribution in [0.15, 0.2) is 6.07 Å². The van der Waals surface area contributed by atoms with Gasteiger partial charge in [-0.25, -0.2) is 9.59 Å². The van der Waals surface area contributed by atoms with E-state index in [0.717, 1.165) is 25.7 Å². The minimum atomic E-state index is -0.826. The molecule has 1 amide bonds. The second-order valence-corrected chi connectivity index (χ2v) is 10.5. The Morgan fingerprint density at radius 3 is 2.28 bits per heavy atom. The molecule has 0 aromatic carbocycles. The number of thiophene rings is 1. The highest BCUT2D eigenvalue weighted by molar-refractivity contribution is 7.15. The zero-order chi connectivity index (χ0) is 24.1. The Kier molecular flexibility index (Phi) is 8.91. The van der Waals surface area contributed by atoms with Crippen LogP contribution in [0.1, 0.15) is 81.3 Å². The number of hydrogen-bond acceptors (Lipinski definition) is 6. The molecule has 0 bridgehead atoms. The molecule has 1 aromatic rings. The Bertz CT molecular complexity index is 894. The molecule has 1 fully saturated rings. The first-order chi connectivity index (χ1) is 15.0. The largest absolute Gasteiger partial charge is 0.467 e. The molecular weight excluding hydrogens is 426 g/mol. The zero-order valence-corrected chi connectivity index (χ0v) is 21.1. The second kappa shape index (κ2) is 11.0. The van der Waals surface area contributed by atoms with E-state index in [1.54, 1.807) is 6.07 Å². The summed E-state index contributed by atoms with van der Waals surface area (Å²) in [6.45, 7) is 10.0. The van der Waals surface area contributed by atoms with Crippen LogP contribution in [0.25, 0.3) is 0 Å². The van der Waals surface area contributed by atoms with Crippen molar-refractivity contribution in [1.29, 1.82) is 0 Å². The van der Waals surface area contributed by atoms with Crippen molar-refractivity contribution < 1.29 is 23.9 Å². The van der Waals surface area contributed by atoms with E-state index in [-0.39, 0.29) is 22.1 Å². The predicted octanol–water partition coefficient (Wildman–Crippen LogP) is 5.04. The standard InChI is InChI=1S/C25H35NO5S/c1-8-19(23(28)30-6)26(22(27)17-11-9-16(2)10-12-17)20-15-18(13-14-25(3,4)5)32-21(20)24(29)31-7/h15-17,19H,8-12H2,1-7H3/t16-,17-,19-/m0/s1. The van der Waals surface area contributed by atoms with Gasteiger partial charge in [0, 0.05) is 11.3 Å². The topological polar surface area (TPSA) is 72.9 Å². The van der Waals surface area contributed by atoms with Crippen molar-refractivity contribution in [2.24, 2.45) is 17.3 Å². The number of carbonyl (C=O) groups excluding carboxylic acids is 3. The van der Waals surface area contributed by atoms with Crippen molar-refractivity contribution in [3.63, 3.8) is 0 Å². The van der Waals surface area contributed by atoms with Crippen LogP contribution in [0.5, 0.6) is 0 Å². The average molecular weight is 462 g/mol.